The van der Waals surface area contributed by atoms with Gasteiger partial charge in [0.2, 0.25) is 11.8 Å². The molecule has 0 aromatic heterocycles. The molecular formula is C21H23FN2O2. The van der Waals surface area contributed by atoms with Crippen LogP contribution >= 0.6 is 0 Å². The van der Waals surface area contributed by atoms with Crippen molar-refractivity contribution in [2.24, 2.45) is 0 Å². The second-order valence-corrected chi connectivity index (χ2v) is 6.01. The molecule has 0 spiro atoms. The smallest absolute Gasteiger partial charge is 0.247 e. The van der Waals surface area contributed by atoms with Gasteiger partial charge in [-0.25, -0.2) is 4.39 Å². The standard InChI is InChI=1S/C21H23FN2O2/c1-3-13-24(15-20(25)23-19-10-5-4-7-16(19)2)21(26)12-11-17-8-6-9-18(22)14-17/h4-12,14H,3,13,15H2,1-2H3,(H,23,25)/b12-11+. The van der Waals surface area contributed by atoms with Gasteiger partial charge in [0.15, 0.2) is 0 Å². The van der Waals surface area contributed by atoms with E-state index in [2.05, 4.69) is 5.32 Å². The molecule has 0 aliphatic heterocycles. The zero-order valence-corrected chi connectivity index (χ0v) is 15.0. The Kier molecular flexibility index (Phi) is 7.09. The highest BCUT2D eigenvalue weighted by atomic mass is 19.1. The maximum atomic E-state index is 13.2. The summed E-state index contributed by atoms with van der Waals surface area (Å²) in [6.45, 7) is 4.28. The SMILES string of the molecule is CCCN(CC(=O)Nc1ccccc1C)C(=O)/C=C/c1cccc(F)c1. The van der Waals surface area contributed by atoms with E-state index in [1.165, 1.54) is 23.1 Å². The van der Waals surface area contributed by atoms with E-state index >= 15 is 0 Å². The highest BCUT2D eigenvalue weighted by Gasteiger charge is 2.15. The molecule has 2 aromatic rings. The number of rotatable bonds is 7. The van der Waals surface area contributed by atoms with Gasteiger partial charge < -0.3 is 10.2 Å². The normalized spacial score (nSPS) is 10.7. The summed E-state index contributed by atoms with van der Waals surface area (Å²) >= 11 is 0. The molecule has 0 heterocycles. The van der Waals surface area contributed by atoms with Gasteiger partial charge in [0.1, 0.15) is 12.4 Å². The lowest BCUT2D eigenvalue weighted by Crippen LogP contribution is -2.37. The second kappa shape index (κ2) is 9.51. The Labute approximate surface area is 153 Å². The number of amides is 2. The van der Waals surface area contributed by atoms with E-state index in [0.717, 1.165) is 17.7 Å². The summed E-state index contributed by atoms with van der Waals surface area (Å²) in [5.74, 6) is -0.890. The third-order valence-corrected chi connectivity index (χ3v) is 3.83. The summed E-state index contributed by atoms with van der Waals surface area (Å²) in [5, 5.41) is 2.83. The molecule has 26 heavy (non-hydrogen) atoms. The van der Waals surface area contributed by atoms with Crippen LogP contribution in [0.25, 0.3) is 6.08 Å². The molecule has 0 bridgehead atoms. The monoisotopic (exact) mass is 354 g/mol. The largest absolute Gasteiger partial charge is 0.330 e. The van der Waals surface area contributed by atoms with Gasteiger partial charge in [-0.15, -0.1) is 0 Å². The summed E-state index contributed by atoms with van der Waals surface area (Å²) in [7, 11) is 0. The zero-order chi connectivity index (χ0) is 18.9. The number of carbonyl (C=O) groups is 2. The van der Waals surface area contributed by atoms with E-state index in [1.807, 2.05) is 38.1 Å². The van der Waals surface area contributed by atoms with Crippen molar-refractivity contribution in [3.05, 3.63) is 71.6 Å². The first kappa shape index (κ1) is 19.4. The van der Waals surface area contributed by atoms with Crippen LogP contribution in [0.4, 0.5) is 10.1 Å². The Morgan fingerprint density at radius 2 is 1.92 bits per heavy atom. The Hall–Kier alpha value is -2.95. The Balaban J connectivity index is 2.01. The fourth-order valence-electron chi connectivity index (χ4n) is 2.50. The average Bonchev–Trinajstić information content (AvgIpc) is 2.61. The van der Waals surface area contributed by atoms with E-state index in [4.69, 9.17) is 0 Å². The van der Waals surface area contributed by atoms with Crippen LogP contribution in [0.3, 0.4) is 0 Å². The zero-order valence-electron chi connectivity index (χ0n) is 15.0. The topological polar surface area (TPSA) is 49.4 Å². The van der Waals surface area contributed by atoms with Crippen molar-refractivity contribution in [2.75, 3.05) is 18.4 Å². The molecule has 0 saturated heterocycles. The molecule has 2 rings (SSSR count). The number of nitrogens with zero attached hydrogens (tertiary/aromatic N) is 1. The van der Waals surface area contributed by atoms with Crippen LogP contribution in [-0.2, 0) is 9.59 Å². The van der Waals surface area contributed by atoms with Crippen molar-refractivity contribution in [2.45, 2.75) is 20.3 Å². The van der Waals surface area contributed by atoms with Crippen molar-refractivity contribution in [1.29, 1.82) is 0 Å². The molecule has 5 heteroatoms. The van der Waals surface area contributed by atoms with Crippen molar-refractivity contribution in [1.82, 2.24) is 4.90 Å². The van der Waals surface area contributed by atoms with Gasteiger partial charge in [-0.05, 0) is 48.7 Å². The van der Waals surface area contributed by atoms with E-state index in [9.17, 15) is 14.0 Å². The second-order valence-electron chi connectivity index (χ2n) is 6.01. The minimum atomic E-state index is -0.359. The molecule has 0 atom stereocenters. The highest BCUT2D eigenvalue weighted by Crippen LogP contribution is 2.13. The Bertz CT molecular complexity index is 802. The molecule has 2 aromatic carbocycles. The molecule has 2 amide bonds. The molecule has 0 aliphatic carbocycles. The molecule has 4 nitrogen and oxygen atoms in total. The van der Waals surface area contributed by atoms with Gasteiger partial charge in [-0.1, -0.05) is 37.3 Å². The van der Waals surface area contributed by atoms with Gasteiger partial charge in [-0.2, -0.15) is 0 Å². The minimum Gasteiger partial charge on any atom is -0.330 e. The van der Waals surface area contributed by atoms with E-state index < -0.39 is 0 Å². The maximum absolute atomic E-state index is 13.2. The van der Waals surface area contributed by atoms with Crippen LogP contribution in [0.2, 0.25) is 0 Å². The molecule has 0 fully saturated rings. The first-order chi connectivity index (χ1) is 12.5. The lowest BCUT2D eigenvalue weighted by molar-refractivity contribution is -0.130. The fourth-order valence-corrected chi connectivity index (χ4v) is 2.50. The number of anilines is 1. The number of aryl methyl sites for hydroxylation is 1. The maximum Gasteiger partial charge on any atom is 0.247 e. The number of benzene rings is 2. The van der Waals surface area contributed by atoms with E-state index in [1.54, 1.807) is 18.2 Å². The Morgan fingerprint density at radius 3 is 2.62 bits per heavy atom. The van der Waals surface area contributed by atoms with Crippen LogP contribution < -0.4 is 5.32 Å². The Morgan fingerprint density at radius 1 is 1.15 bits per heavy atom. The minimum absolute atomic E-state index is 0.0332. The molecule has 136 valence electrons. The number of carbonyl (C=O) groups excluding carboxylic acids is 2. The molecule has 1 N–H and O–H groups in total. The third kappa shape index (κ3) is 5.84. The lowest BCUT2D eigenvalue weighted by Gasteiger charge is -2.20. The molecule has 0 aliphatic rings. The van der Waals surface area contributed by atoms with Gasteiger partial charge in [0.25, 0.3) is 0 Å². The summed E-state index contributed by atoms with van der Waals surface area (Å²) in [5.41, 5.74) is 2.29. The van der Waals surface area contributed by atoms with Crippen LogP contribution in [-0.4, -0.2) is 29.8 Å². The predicted molar refractivity (Wildman–Crippen MR) is 102 cm³/mol. The van der Waals surface area contributed by atoms with Gasteiger partial charge in [0, 0.05) is 18.3 Å². The predicted octanol–water partition coefficient (Wildman–Crippen LogP) is 4.02. The fraction of sp³-hybridized carbons (Fsp3) is 0.238. The van der Waals surface area contributed by atoms with Crippen LogP contribution in [0.1, 0.15) is 24.5 Å². The van der Waals surface area contributed by atoms with Crippen molar-refractivity contribution < 1.29 is 14.0 Å². The van der Waals surface area contributed by atoms with Gasteiger partial charge in [0.05, 0.1) is 0 Å². The molecule has 0 radical (unpaired) electrons. The van der Waals surface area contributed by atoms with Gasteiger partial charge >= 0.3 is 0 Å². The number of nitrogens with one attached hydrogen (secondary N) is 1. The number of hydrogen-bond donors (Lipinski definition) is 1. The lowest BCUT2D eigenvalue weighted by atomic mass is 10.2. The van der Waals surface area contributed by atoms with E-state index in [-0.39, 0.29) is 24.2 Å². The van der Waals surface area contributed by atoms with Crippen molar-refractivity contribution in [3.63, 3.8) is 0 Å². The summed E-state index contributed by atoms with van der Waals surface area (Å²) in [6, 6.07) is 13.5. The third-order valence-electron chi connectivity index (χ3n) is 3.83. The van der Waals surface area contributed by atoms with Crippen LogP contribution in [0.15, 0.2) is 54.6 Å². The molecule has 0 unspecified atom stereocenters. The molecular weight excluding hydrogens is 331 g/mol. The quantitative estimate of drug-likeness (QED) is 0.764. The summed E-state index contributed by atoms with van der Waals surface area (Å²) < 4.78 is 13.2. The van der Waals surface area contributed by atoms with E-state index in [0.29, 0.717) is 12.1 Å². The number of halogens is 1. The highest BCUT2D eigenvalue weighted by molar-refractivity contribution is 5.98. The number of hydrogen-bond acceptors (Lipinski definition) is 2. The first-order valence-corrected chi connectivity index (χ1v) is 8.57. The van der Waals surface area contributed by atoms with Crippen molar-refractivity contribution >= 4 is 23.6 Å². The van der Waals surface area contributed by atoms with Crippen LogP contribution in [0, 0.1) is 12.7 Å². The van der Waals surface area contributed by atoms with Crippen LogP contribution in [0.5, 0.6) is 0 Å². The summed E-state index contributed by atoms with van der Waals surface area (Å²) in [6.07, 6.45) is 3.65. The summed E-state index contributed by atoms with van der Waals surface area (Å²) in [4.78, 5) is 26.2. The average molecular weight is 354 g/mol. The number of para-hydroxylation sites is 1. The van der Waals surface area contributed by atoms with Crippen molar-refractivity contribution in [3.8, 4) is 0 Å². The molecule has 0 saturated carbocycles. The first-order valence-electron chi connectivity index (χ1n) is 8.57. The van der Waals surface area contributed by atoms with Gasteiger partial charge in [-0.3, -0.25) is 9.59 Å².